The molecule has 0 aliphatic rings. The van der Waals surface area contributed by atoms with Crippen molar-refractivity contribution >= 4 is 11.4 Å². The van der Waals surface area contributed by atoms with E-state index < -0.39 is 0 Å². The van der Waals surface area contributed by atoms with Crippen molar-refractivity contribution < 1.29 is 0 Å². The van der Waals surface area contributed by atoms with E-state index in [4.69, 9.17) is 0 Å². The van der Waals surface area contributed by atoms with Crippen LogP contribution in [0.2, 0.25) is 0 Å². The molecule has 3 nitrogen and oxygen atoms in total. The monoisotopic (exact) mass is 255 g/mol. The van der Waals surface area contributed by atoms with E-state index in [1.807, 2.05) is 13.2 Å². The summed E-state index contributed by atoms with van der Waals surface area (Å²) in [5, 5.41) is 3.19. The highest BCUT2D eigenvalue weighted by atomic mass is 15.1. The van der Waals surface area contributed by atoms with E-state index in [2.05, 4.69) is 72.5 Å². The van der Waals surface area contributed by atoms with Crippen molar-refractivity contribution in [2.75, 3.05) is 19.0 Å². The number of hydrogen-bond acceptors (Lipinski definition) is 3. The summed E-state index contributed by atoms with van der Waals surface area (Å²) in [7, 11) is 4.01. The lowest BCUT2D eigenvalue weighted by atomic mass is 10.2. The number of aryl methyl sites for hydroxylation is 1. The molecule has 1 aromatic carbocycles. The largest absolute Gasteiger partial charge is 0.343 e. The molecular weight excluding hydrogens is 234 g/mol. The lowest BCUT2D eigenvalue weighted by Crippen LogP contribution is -2.15. The predicted molar refractivity (Wildman–Crippen MR) is 81.0 cm³/mol. The van der Waals surface area contributed by atoms with Crippen molar-refractivity contribution in [2.24, 2.45) is 0 Å². The third-order valence-corrected chi connectivity index (χ3v) is 3.42. The maximum absolute atomic E-state index is 4.51. The van der Waals surface area contributed by atoms with Gasteiger partial charge in [-0.2, -0.15) is 0 Å². The minimum absolute atomic E-state index is 0.276. The summed E-state index contributed by atoms with van der Waals surface area (Å²) in [6.07, 6.45) is 1.92. The molecule has 0 saturated heterocycles. The maximum Gasteiger partial charge on any atom is 0.0594 e. The van der Waals surface area contributed by atoms with Gasteiger partial charge in [0.15, 0.2) is 0 Å². The summed E-state index contributed by atoms with van der Waals surface area (Å²) < 4.78 is 0. The number of hydrogen-bond donors (Lipinski definition) is 1. The van der Waals surface area contributed by atoms with Crippen LogP contribution in [0.1, 0.15) is 24.2 Å². The van der Waals surface area contributed by atoms with Crippen LogP contribution < -0.4 is 10.2 Å². The Labute approximate surface area is 115 Å². The molecule has 1 heterocycles. The Kier molecular flexibility index (Phi) is 4.17. The van der Waals surface area contributed by atoms with Gasteiger partial charge in [-0.3, -0.25) is 4.98 Å². The number of aromatic nitrogens is 1. The van der Waals surface area contributed by atoms with Crippen molar-refractivity contribution in [1.82, 2.24) is 10.3 Å². The van der Waals surface area contributed by atoms with Gasteiger partial charge < -0.3 is 10.2 Å². The van der Waals surface area contributed by atoms with Gasteiger partial charge in [-0.05, 0) is 50.7 Å². The third kappa shape index (κ3) is 3.12. The van der Waals surface area contributed by atoms with E-state index in [1.54, 1.807) is 0 Å². The maximum atomic E-state index is 4.51. The van der Waals surface area contributed by atoms with Crippen molar-refractivity contribution in [1.29, 1.82) is 0 Å². The van der Waals surface area contributed by atoms with Crippen molar-refractivity contribution in [3.05, 3.63) is 53.9 Å². The van der Waals surface area contributed by atoms with Crippen LogP contribution >= 0.6 is 0 Å². The van der Waals surface area contributed by atoms with Crippen LogP contribution in [0.3, 0.4) is 0 Å². The number of pyridine rings is 1. The molecule has 0 radical (unpaired) electrons. The summed E-state index contributed by atoms with van der Waals surface area (Å²) in [6.45, 7) is 4.21. The van der Waals surface area contributed by atoms with Crippen molar-refractivity contribution in [3.63, 3.8) is 0 Å². The fourth-order valence-electron chi connectivity index (χ4n) is 1.99. The SMILES string of the molecule is CNC(C)c1ccc(N(C)c2cccc(C)c2)cn1. The van der Waals surface area contributed by atoms with Crippen LogP contribution in [0.5, 0.6) is 0 Å². The molecule has 3 heteroatoms. The molecule has 0 amide bonds. The zero-order chi connectivity index (χ0) is 13.8. The van der Waals surface area contributed by atoms with E-state index in [0.717, 1.165) is 11.4 Å². The molecule has 2 aromatic rings. The van der Waals surface area contributed by atoms with Gasteiger partial charge in [-0.1, -0.05) is 12.1 Å². The van der Waals surface area contributed by atoms with Gasteiger partial charge in [0.05, 0.1) is 17.6 Å². The van der Waals surface area contributed by atoms with Crippen molar-refractivity contribution in [2.45, 2.75) is 19.9 Å². The van der Waals surface area contributed by atoms with Crippen LogP contribution in [0.25, 0.3) is 0 Å². The highest BCUT2D eigenvalue weighted by Gasteiger charge is 2.07. The number of nitrogens with one attached hydrogen (secondary N) is 1. The fourth-order valence-corrected chi connectivity index (χ4v) is 1.99. The summed E-state index contributed by atoms with van der Waals surface area (Å²) in [6, 6.07) is 12.9. The molecule has 0 aliphatic carbocycles. The fraction of sp³-hybridized carbons (Fsp3) is 0.312. The number of rotatable bonds is 4. The Bertz CT molecular complexity index is 534. The molecule has 1 unspecified atom stereocenters. The minimum Gasteiger partial charge on any atom is -0.343 e. The smallest absolute Gasteiger partial charge is 0.0594 e. The summed E-state index contributed by atoms with van der Waals surface area (Å²) in [5.74, 6) is 0. The van der Waals surface area contributed by atoms with Gasteiger partial charge in [-0.15, -0.1) is 0 Å². The molecule has 1 aromatic heterocycles. The van der Waals surface area contributed by atoms with E-state index in [1.165, 1.54) is 11.3 Å². The average molecular weight is 255 g/mol. The topological polar surface area (TPSA) is 28.2 Å². The lowest BCUT2D eigenvalue weighted by molar-refractivity contribution is 0.633. The van der Waals surface area contributed by atoms with Gasteiger partial charge >= 0.3 is 0 Å². The first-order valence-corrected chi connectivity index (χ1v) is 6.55. The zero-order valence-corrected chi connectivity index (χ0v) is 12.0. The molecule has 100 valence electrons. The van der Waals surface area contributed by atoms with E-state index in [-0.39, 0.29) is 6.04 Å². The Morgan fingerprint density at radius 3 is 2.53 bits per heavy atom. The second-order valence-electron chi connectivity index (χ2n) is 4.85. The molecule has 0 bridgehead atoms. The molecule has 0 spiro atoms. The van der Waals surface area contributed by atoms with Gasteiger partial charge in [0.1, 0.15) is 0 Å². The first-order valence-electron chi connectivity index (χ1n) is 6.55. The Hall–Kier alpha value is -1.87. The molecule has 19 heavy (non-hydrogen) atoms. The van der Waals surface area contributed by atoms with Crippen LogP contribution in [0.15, 0.2) is 42.6 Å². The lowest BCUT2D eigenvalue weighted by Gasteiger charge is -2.20. The van der Waals surface area contributed by atoms with Gasteiger partial charge in [0, 0.05) is 18.8 Å². The van der Waals surface area contributed by atoms with Gasteiger partial charge in [0.2, 0.25) is 0 Å². The number of benzene rings is 1. The second-order valence-corrected chi connectivity index (χ2v) is 4.85. The standard InChI is InChI=1S/C16H21N3/c1-12-6-5-7-14(10-12)19(4)15-8-9-16(18-11-15)13(2)17-3/h5-11,13,17H,1-4H3. The number of anilines is 2. The summed E-state index contributed by atoms with van der Waals surface area (Å²) >= 11 is 0. The predicted octanol–water partition coefficient (Wildman–Crippen LogP) is 3.44. The van der Waals surface area contributed by atoms with E-state index >= 15 is 0 Å². The van der Waals surface area contributed by atoms with Crippen LogP contribution in [0, 0.1) is 6.92 Å². The Morgan fingerprint density at radius 2 is 1.95 bits per heavy atom. The highest BCUT2D eigenvalue weighted by molar-refractivity contribution is 5.62. The van der Waals surface area contributed by atoms with Crippen LogP contribution in [0.4, 0.5) is 11.4 Å². The molecule has 1 atom stereocenters. The van der Waals surface area contributed by atoms with Gasteiger partial charge in [-0.25, -0.2) is 0 Å². The molecule has 0 fully saturated rings. The summed E-state index contributed by atoms with van der Waals surface area (Å²) in [5.41, 5.74) is 4.59. The number of nitrogens with zero attached hydrogens (tertiary/aromatic N) is 2. The second kappa shape index (κ2) is 5.85. The van der Waals surface area contributed by atoms with Crippen LogP contribution in [-0.2, 0) is 0 Å². The molecular formula is C16H21N3. The molecule has 1 N–H and O–H groups in total. The first-order chi connectivity index (χ1) is 9.11. The Balaban J connectivity index is 2.22. The van der Waals surface area contributed by atoms with Crippen molar-refractivity contribution in [3.8, 4) is 0 Å². The van der Waals surface area contributed by atoms with Crippen LogP contribution in [-0.4, -0.2) is 19.1 Å². The quantitative estimate of drug-likeness (QED) is 0.907. The first kappa shape index (κ1) is 13.6. The Morgan fingerprint density at radius 1 is 1.16 bits per heavy atom. The minimum atomic E-state index is 0.276. The average Bonchev–Trinajstić information content (AvgIpc) is 2.46. The summed E-state index contributed by atoms with van der Waals surface area (Å²) in [4.78, 5) is 6.66. The van der Waals surface area contributed by atoms with E-state index in [9.17, 15) is 0 Å². The molecule has 0 aliphatic heterocycles. The normalized spacial score (nSPS) is 12.2. The molecule has 0 saturated carbocycles. The van der Waals surface area contributed by atoms with E-state index in [0.29, 0.717) is 0 Å². The van der Waals surface area contributed by atoms with Gasteiger partial charge in [0.25, 0.3) is 0 Å². The highest BCUT2D eigenvalue weighted by Crippen LogP contribution is 2.24. The zero-order valence-electron chi connectivity index (χ0n) is 12.0. The molecule has 2 rings (SSSR count). The third-order valence-electron chi connectivity index (χ3n) is 3.42.